The monoisotopic (exact) mass is 442 g/mol. The van der Waals surface area contributed by atoms with Gasteiger partial charge < -0.3 is 5.32 Å². The number of hydrogen-bond acceptors (Lipinski definition) is 3. The maximum Gasteiger partial charge on any atom is 0.228 e. The molecule has 0 aromatic heterocycles. The van der Waals surface area contributed by atoms with Crippen LogP contribution in [0.25, 0.3) is 10.8 Å². The second-order valence-electron chi connectivity index (χ2n) is 7.60. The first kappa shape index (κ1) is 20.8. The first-order valence-electron chi connectivity index (χ1n) is 9.93. The maximum atomic E-state index is 12.9. The largest absolute Gasteiger partial charge is 0.325 e. The molecule has 1 aliphatic heterocycles. The van der Waals surface area contributed by atoms with E-state index in [-0.39, 0.29) is 24.1 Å². The highest BCUT2D eigenvalue weighted by Crippen LogP contribution is 2.26. The normalized spacial score (nSPS) is 17.7. The van der Waals surface area contributed by atoms with Crippen LogP contribution in [0.5, 0.6) is 0 Å². The van der Waals surface area contributed by atoms with Crippen LogP contribution in [0.3, 0.4) is 0 Å². The number of amides is 1. The predicted octanol–water partition coefficient (Wildman–Crippen LogP) is 4.67. The van der Waals surface area contributed by atoms with Crippen LogP contribution in [-0.2, 0) is 20.6 Å². The van der Waals surface area contributed by atoms with Crippen molar-refractivity contribution in [1.29, 1.82) is 0 Å². The molecule has 1 N–H and O–H groups in total. The van der Waals surface area contributed by atoms with Crippen LogP contribution in [0.2, 0.25) is 5.02 Å². The summed E-state index contributed by atoms with van der Waals surface area (Å²) in [6.07, 6.45) is 1.33. The summed E-state index contributed by atoms with van der Waals surface area (Å²) in [6, 6.07) is 20.4. The lowest BCUT2D eigenvalue weighted by Crippen LogP contribution is -2.44. The highest BCUT2D eigenvalue weighted by atomic mass is 35.5. The first-order chi connectivity index (χ1) is 14.4. The van der Waals surface area contributed by atoms with Gasteiger partial charge in [0, 0.05) is 29.2 Å². The summed E-state index contributed by atoms with van der Waals surface area (Å²) in [6.45, 7) is 0.639. The van der Waals surface area contributed by atoms with Crippen molar-refractivity contribution >= 4 is 44.0 Å². The van der Waals surface area contributed by atoms with Gasteiger partial charge in [-0.15, -0.1) is 0 Å². The Labute approximate surface area is 181 Å². The summed E-state index contributed by atoms with van der Waals surface area (Å²) in [5.41, 5.74) is 1.43. The summed E-state index contributed by atoms with van der Waals surface area (Å²) in [5, 5.41) is 5.59. The third kappa shape index (κ3) is 4.67. The Morgan fingerprint density at radius 2 is 1.77 bits per heavy atom. The van der Waals surface area contributed by atoms with Gasteiger partial charge in [-0.1, -0.05) is 60.1 Å². The average Bonchev–Trinajstić information content (AvgIpc) is 2.75. The quantitative estimate of drug-likeness (QED) is 0.624. The van der Waals surface area contributed by atoms with Gasteiger partial charge in [0.25, 0.3) is 0 Å². The summed E-state index contributed by atoms with van der Waals surface area (Å²) >= 11 is 5.88. The van der Waals surface area contributed by atoms with Crippen molar-refractivity contribution < 1.29 is 13.2 Å². The molecule has 5 nitrogen and oxygen atoms in total. The standard InChI is InChI=1S/C23H23ClN2O3S/c24-20-12-10-17(11-13-20)16-30(28,29)26-14-4-7-19(15-26)23(27)25-22-9-3-6-18-5-1-2-8-21(18)22/h1-3,5-6,8-13,19H,4,7,14-16H2,(H,25,27)/t19-/m0/s1. The molecule has 0 radical (unpaired) electrons. The number of nitrogens with zero attached hydrogens (tertiary/aromatic N) is 1. The van der Waals surface area contributed by atoms with Crippen molar-refractivity contribution in [2.24, 2.45) is 5.92 Å². The molecule has 1 aliphatic rings. The van der Waals surface area contributed by atoms with Gasteiger partial charge >= 0.3 is 0 Å². The second-order valence-corrected chi connectivity index (χ2v) is 10.0. The minimum atomic E-state index is -3.51. The van der Waals surface area contributed by atoms with Crippen molar-refractivity contribution in [3.05, 3.63) is 77.3 Å². The summed E-state index contributed by atoms with van der Waals surface area (Å²) < 4.78 is 27.2. The van der Waals surface area contributed by atoms with E-state index >= 15 is 0 Å². The summed E-state index contributed by atoms with van der Waals surface area (Å²) in [5.74, 6) is -0.614. The third-order valence-electron chi connectivity index (χ3n) is 5.46. The Kier molecular flexibility index (Phi) is 6.09. The number of fused-ring (bicyclic) bond motifs is 1. The van der Waals surface area contributed by atoms with E-state index < -0.39 is 10.0 Å². The molecule has 156 valence electrons. The van der Waals surface area contributed by atoms with Gasteiger partial charge in [-0.25, -0.2) is 12.7 Å². The van der Waals surface area contributed by atoms with E-state index in [1.807, 2.05) is 42.5 Å². The molecular formula is C23H23ClN2O3S. The first-order valence-corrected chi connectivity index (χ1v) is 11.9. The van der Waals surface area contributed by atoms with E-state index in [0.717, 1.165) is 16.5 Å². The smallest absolute Gasteiger partial charge is 0.228 e. The molecule has 1 heterocycles. The third-order valence-corrected chi connectivity index (χ3v) is 7.53. The topological polar surface area (TPSA) is 66.5 Å². The lowest BCUT2D eigenvalue weighted by molar-refractivity contribution is -0.120. The van der Waals surface area contributed by atoms with Crippen molar-refractivity contribution in [3.8, 4) is 0 Å². The molecule has 0 spiro atoms. The van der Waals surface area contributed by atoms with E-state index in [9.17, 15) is 13.2 Å². The lowest BCUT2D eigenvalue weighted by Gasteiger charge is -2.31. The van der Waals surface area contributed by atoms with Crippen LogP contribution in [0.1, 0.15) is 18.4 Å². The van der Waals surface area contributed by atoms with E-state index in [0.29, 0.717) is 30.0 Å². The number of nitrogens with one attached hydrogen (secondary N) is 1. The Balaban J connectivity index is 1.46. The Bertz CT molecular complexity index is 1160. The number of benzene rings is 3. The number of hydrogen-bond donors (Lipinski definition) is 1. The van der Waals surface area contributed by atoms with Crippen LogP contribution in [0.15, 0.2) is 66.7 Å². The van der Waals surface area contributed by atoms with Crippen molar-refractivity contribution in [1.82, 2.24) is 4.31 Å². The average molecular weight is 443 g/mol. The van der Waals surface area contributed by atoms with Gasteiger partial charge in [0.15, 0.2) is 0 Å². The molecule has 1 atom stereocenters. The molecule has 3 aromatic carbocycles. The zero-order chi connectivity index (χ0) is 21.1. The number of halogens is 1. The van der Waals surface area contributed by atoms with Gasteiger partial charge in [0.05, 0.1) is 11.7 Å². The van der Waals surface area contributed by atoms with Gasteiger partial charge in [-0.05, 0) is 42.0 Å². The van der Waals surface area contributed by atoms with Crippen molar-refractivity contribution in [2.75, 3.05) is 18.4 Å². The molecule has 4 rings (SSSR count). The number of anilines is 1. The van der Waals surface area contributed by atoms with Gasteiger partial charge in [0.2, 0.25) is 15.9 Å². The molecular weight excluding hydrogens is 420 g/mol. The van der Waals surface area contributed by atoms with Gasteiger partial charge in [-0.2, -0.15) is 0 Å². The van der Waals surface area contributed by atoms with Crippen molar-refractivity contribution in [3.63, 3.8) is 0 Å². The number of sulfonamides is 1. The van der Waals surface area contributed by atoms with Crippen molar-refractivity contribution in [2.45, 2.75) is 18.6 Å². The van der Waals surface area contributed by atoms with Crippen LogP contribution in [0, 0.1) is 5.92 Å². The molecule has 0 saturated carbocycles. The highest BCUT2D eigenvalue weighted by molar-refractivity contribution is 7.88. The Hall–Kier alpha value is -2.41. The molecule has 30 heavy (non-hydrogen) atoms. The zero-order valence-electron chi connectivity index (χ0n) is 16.4. The number of piperidine rings is 1. The predicted molar refractivity (Wildman–Crippen MR) is 121 cm³/mol. The molecule has 1 amide bonds. The minimum Gasteiger partial charge on any atom is -0.325 e. The molecule has 1 fully saturated rings. The molecule has 0 aliphatic carbocycles. The number of carbonyl (C=O) groups is 1. The Morgan fingerprint density at radius 1 is 1.03 bits per heavy atom. The fourth-order valence-electron chi connectivity index (χ4n) is 3.86. The molecule has 7 heteroatoms. The van der Waals surface area contributed by atoms with Crippen LogP contribution >= 0.6 is 11.6 Å². The second kappa shape index (κ2) is 8.76. The SMILES string of the molecule is O=C(Nc1cccc2ccccc12)[C@H]1CCCN(S(=O)(=O)Cc2ccc(Cl)cc2)C1. The minimum absolute atomic E-state index is 0.0954. The van der Waals surface area contributed by atoms with E-state index in [1.54, 1.807) is 24.3 Å². The fraction of sp³-hybridized carbons (Fsp3) is 0.261. The number of rotatable bonds is 5. The van der Waals surface area contributed by atoms with Gasteiger partial charge in [0.1, 0.15) is 0 Å². The lowest BCUT2D eigenvalue weighted by atomic mass is 9.98. The fourth-order valence-corrected chi connectivity index (χ4v) is 5.60. The van der Waals surface area contributed by atoms with Gasteiger partial charge in [-0.3, -0.25) is 4.79 Å². The van der Waals surface area contributed by atoms with Crippen LogP contribution < -0.4 is 5.32 Å². The van der Waals surface area contributed by atoms with Crippen LogP contribution in [0.4, 0.5) is 5.69 Å². The Morgan fingerprint density at radius 3 is 2.57 bits per heavy atom. The van der Waals surface area contributed by atoms with Crippen LogP contribution in [-0.4, -0.2) is 31.7 Å². The molecule has 0 bridgehead atoms. The van der Waals surface area contributed by atoms with E-state index in [4.69, 9.17) is 11.6 Å². The molecule has 1 saturated heterocycles. The highest BCUT2D eigenvalue weighted by Gasteiger charge is 2.32. The molecule has 3 aromatic rings. The summed E-state index contributed by atoms with van der Waals surface area (Å²) in [7, 11) is -3.51. The zero-order valence-corrected chi connectivity index (χ0v) is 18.0. The maximum absolute atomic E-state index is 12.9. The summed E-state index contributed by atoms with van der Waals surface area (Å²) in [4.78, 5) is 12.9. The van der Waals surface area contributed by atoms with E-state index in [1.165, 1.54) is 4.31 Å². The van der Waals surface area contributed by atoms with E-state index in [2.05, 4.69) is 5.32 Å². The number of carbonyl (C=O) groups excluding carboxylic acids is 1. The molecule has 0 unspecified atom stereocenters.